The summed E-state index contributed by atoms with van der Waals surface area (Å²) in [5.41, 5.74) is 8.83. The summed E-state index contributed by atoms with van der Waals surface area (Å²) < 4.78 is 28.8. The van der Waals surface area contributed by atoms with E-state index in [4.69, 9.17) is 10.7 Å². The minimum Gasteiger partial charge on any atom is -0.333 e. The number of alkyl halides is 2. The number of nitrogens with two attached hydrogens (primary N) is 1. The van der Waals surface area contributed by atoms with Crippen LogP contribution in [-0.2, 0) is 0 Å². The lowest BCUT2D eigenvalue weighted by Gasteiger charge is -2.31. The van der Waals surface area contributed by atoms with Gasteiger partial charge in [0.2, 0.25) is 5.92 Å². The molecule has 3 saturated carbocycles. The van der Waals surface area contributed by atoms with Crippen LogP contribution in [0, 0.1) is 17.8 Å². The lowest BCUT2D eigenvalue weighted by Crippen LogP contribution is -2.33. The first-order valence-corrected chi connectivity index (χ1v) is 11.9. The predicted octanol–water partition coefficient (Wildman–Crippen LogP) is 3.81. The molecule has 3 heterocycles. The number of amides is 2. The molecule has 6 rings (SSSR count). The number of urea groups is 1. The molecule has 172 valence electrons. The van der Waals surface area contributed by atoms with Gasteiger partial charge in [-0.25, -0.2) is 23.1 Å². The molecule has 1 saturated heterocycles. The van der Waals surface area contributed by atoms with Crippen molar-refractivity contribution in [3.63, 3.8) is 0 Å². The van der Waals surface area contributed by atoms with E-state index >= 15 is 0 Å². The normalized spacial score (nSPS) is 28.2. The maximum atomic E-state index is 13.5. The summed E-state index contributed by atoms with van der Waals surface area (Å²) in [5, 5.41) is 7.74. The van der Waals surface area contributed by atoms with Gasteiger partial charge in [0.05, 0.1) is 36.2 Å². The highest BCUT2D eigenvalue weighted by Gasteiger charge is 2.46. The molecule has 3 atom stereocenters. The van der Waals surface area contributed by atoms with E-state index in [9.17, 15) is 13.6 Å². The first-order chi connectivity index (χ1) is 15.4. The number of rotatable bonds is 6. The largest absolute Gasteiger partial charge is 0.333 e. The van der Waals surface area contributed by atoms with Crippen LogP contribution < -0.4 is 11.1 Å². The van der Waals surface area contributed by atoms with Crippen LogP contribution in [0.25, 0.3) is 5.65 Å². The standard InChI is InChI=1S/C23H30F2N6O/c24-23(25)7-5-14(6-8-23)20(26)18-12-31-19(28-18)9-16(10-27-31)21(15-3-4-15)30-11-17(13-1-2-13)29-22(30)32/h9-10,12-15,17,20-21H,1-8,11,26H2,(H,29,32)/t17-,20-,21+/m0/s1. The zero-order valence-electron chi connectivity index (χ0n) is 18.1. The Bertz CT molecular complexity index is 1020. The summed E-state index contributed by atoms with van der Waals surface area (Å²) in [6.45, 7) is 0.757. The summed E-state index contributed by atoms with van der Waals surface area (Å²) in [6, 6.07) is 1.95. The molecule has 7 nitrogen and oxygen atoms in total. The molecule has 1 aliphatic heterocycles. The van der Waals surface area contributed by atoms with Gasteiger partial charge in [0.25, 0.3) is 0 Å². The topological polar surface area (TPSA) is 88.5 Å². The van der Waals surface area contributed by atoms with E-state index in [1.54, 1.807) is 4.52 Å². The van der Waals surface area contributed by atoms with Gasteiger partial charge in [-0.2, -0.15) is 5.10 Å². The fourth-order valence-electron chi connectivity index (χ4n) is 5.60. The Balaban J connectivity index is 1.24. The number of carbonyl (C=O) groups is 1. The van der Waals surface area contributed by atoms with Crippen LogP contribution in [0.4, 0.5) is 13.6 Å². The van der Waals surface area contributed by atoms with E-state index in [1.807, 2.05) is 23.4 Å². The number of fused-ring (bicyclic) bond motifs is 1. The highest BCUT2D eigenvalue weighted by molar-refractivity contribution is 5.77. The smallest absolute Gasteiger partial charge is 0.318 e. The van der Waals surface area contributed by atoms with Crippen LogP contribution in [0.1, 0.15) is 74.7 Å². The van der Waals surface area contributed by atoms with E-state index in [0.29, 0.717) is 36.0 Å². The van der Waals surface area contributed by atoms with Crippen LogP contribution in [0.15, 0.2) is 18.5 Å². The van der Waals surface area contributed by atoms with Crippen molar-refractivity contribution in [2.24, 2.45) is 23.5 Å². The number of nitrogens with zero attached hydrogens (tertiary/aromatic N) is 4. The maximum Gasteiger partial charge on any atom is 0.318 e. The molecule has 2 aromatic heterocycles. The number of hydrogen-bond acceptors (Lipinski definition) is 4. The number of hydrogen-bond donors (Lipinski definition) is 2. The van der Waals surface area contributed by atoms with Crippen molar-refractivity contribution in [2.45, 2.75) is 75.4 Å². The third-order valence-corrected chi connectivity index (χ3v) is 7.87. The number of carbonyl (C=O) groups excluding carboxylic acids is 1. The van der Waals surface area contributed by atoms with E-state index in [-0.39, 0.29) is 42.9 Å². The lowest BCUT2D eigenvalue weighted by molar-refractivity contribution is -0.0484. The van der Waals surface area contributed by atoms with Gasteiger partial charge in [-0.15, -0.1) is 0 Å². The molecule has 2 aromatic rings. The molecule has 0 bridgehead atoms. The lowest BCUT2D eigenvalue weighted by atomic mass is 9.81. The highest BCUT2D eigenvalue weighted by atomic mass is 19.3. The molecule has 0 unspecified atom stereocenters. The Morgan fingerprint density at radius 2 is 1.88 bits per heavy atom. The summed E-state index contributed by atoms with van der Waals surface area (Å²) in [7, 11) is 0. The molecule has 0 spiro atoms. The van der Waals surface area contributed by atoms with Gasteiger partial charge in [0.15, 0.2) is 5.65 Å². The molecular formula is C23H30F2N6O. The molecule has 0 radical (unpaired) electrons. The molecule has 9 heteroatoms. The average Bonchev–Trinajstić information content (AvgIpc) is 3.69. The second-order valence-electron chi connectivity index (χ2n) is 10.3. The van der Waals surface area contributed by atoms with Crippen molar-refractivity contribution in [2.75, 3.05) is 6.54 Å². The van der Waals surface area contributed by atoms with Gasteiger partial charge >= 0.3 is 6.03 Å². The van der Waals surface area contributed by atoms with Crippen molar-refractivity contribution in [1.29, 1.82) is 0 Å². The zero-order valence-corrected chi connectivity index (χ0v) is 18.1. The predicted molar refractivity (Wildman–Crippen MR) is 114 cm³/mol. The van der Waals surface area contributed by atoms with Crippen LogP contribution in [0.2, 0.25) is 0 Å². The number of imidazole rings is 1. The number of nitrogens with one attached hydrogen (secondary N) is 1. The van der Waals surface area contributed by atoms with Crippen molar-refractivity contribution in [3.05, 3.63) is 29.7 Å². The molecule has 3 aliphatic carbocycles. The second-order valence-corrected chi connectivity index (χ2v) is 10.3. The summed E-state index contributed by atoms with van der Waals surface area (Å²) in [5.74, 6) is -1.47. The third-order valence-electron chi connectivity index (χ3n) is 7.87. The van der Waals surface area contributed by atoms with Crippen LogP contribution >= 0.6 is 0 Å². The van der Waals surface area contributed by atoms with Gasteiger partial charge in [-0.1, -0.05) is 0 Å². The highest BCUT2D eigenvalue weighted by Crippen LogP contribution is 2.47. The van der Waals surface area contributed by atoms with Gasteiger partial charge in [0.1, 0.15) is 0 Å². The Morgan fingerprint density at radius 3 is 2.56 bits per heavy atom. The molecular weight excluding hydrogens is 414 g/mol. The maximum absolute atomic E-state index is 13.5. The Hall–Kier alpha value is -2.29. The van der Waals surface area contributed by atoms with Crippen LogP contribution in [0.5, 0.6) is 0 Å². The first-order valence-electron chi connectivity index (χ1n) is 11.9. The van der Waals surface area contributed by atoms with Gasteiger partial charge < -0.3 is 16.0 Å². The molecule has 4 aliphatic rings. The van der Waals surface area contributed by atoms with Crippen molar-refractivity contribution in [1.82, 2.24) is 24.8 Å². The Kier molecular flexibility index (Phi) is 4.68. The van der Waals surface area contributed by atoms with Crippen molar-refractivity contribution < 1.29 is 13.6 Å². The van der Waals surface area contributed by atoms with Gasteiger partial charge in [-0.3, -0.25) is 0 Å². The van der Waals surface area contributed by atoms with Crippen LogP contribution in [0.3, 0.4) is 0 Å². The van der Waals surface area contributed by atoms with E-state index in [1.165, 1.54) is 12.8 Å². The minimum absolute atomic E-state index is 0.00544. The molecule has 0 aromatic carbocycles. The van der Waals surface area contributed by atoms with E-state index in [0.717, 1.165) is 24.9 Å². The number of halogens is 2. The van der Waals surface area contributed by atoms with E-state index < -0.39 is 5.92 Å². The molecule has 2 amide bonds. The molecule has 32 heavy (non-hydrogen) atoms. The Labute approximate surface area is 185 Å². The van der Waals surface area contributed by atoms with E-state index in [2.05, 4.69) is 10.4 Å². The fourth-order valence-corrected chi connectivity index (χ4v) is 5.60. The van der Waals surface area contributed by atoms with Crippen LogP contribution in [-0.4, -0.2) is 44.0 Å². The van der Waals surface area contributed by atoms with Crippen molar-refractivity contribution in [3.8, 4) is 0 Å². The first kappa shape index (κ1) is 20.3. The second kappa shape index (κ2) is 7.37. The van der Waals surface area contributed by atoms with Gasteiger partial charge in [0, 0.05) is 19.4 Å². The summed E-state index contributed by atoms with van der Waals surface area (Å²) in [4.78, 5) is 19.5. The summed E-state index contributed by atoms with van der Waals surface area (Å²) >= 11 is 0. The quantitative estimate of drug-likeness (QED) is 0.709. The molecule has 4 fully saturated rings. The number of aromatic nitrogens is 3. The minimum atomic E-state index is -2.57. The molecule has 3 N–H and O–H groups in total. The Morgan fingerprint density at radius 1 is 1.12 bits per heavy atom. The SMILES string of the molecule is N[C@H](c1cn2ncc([C@@H](C3CC3)N3C[C@@H](C4CC4)NC3=O)cc2n1)C1CCC(F)(F)CC1. The zero-order chi connectivity index (χ0) is 22.0. The fraction of sp³-hybridized carbons (Fsp3) is 0.696. The third kappa shape index (κ3) is 3.74. The average molecular weight is 445 g/mol. The summed E-state index contributed by atoms with van der Waals surface area (Å²) in [6.07, 6.45) is 8.91. The monoisotopic (exact) mass is 444 g/mol. The van der Waals surface area contributed by atoms with Gasteiger partial charge in [-0.05, 0) is 67.9 Å². The van der Waals surface area contributed by atoms with Crippen molar-refractivity contribution >= 4 is 11.7 Å².